The van der Waals surface area contributed by atoms with Gasteiger partial charge in [-0.2, -0.15) is 5.26 Å². The van der Waals surface area contributed by atoms with Crippen molar-refractivity contribution in [3.63, 3.8) is 0 Å². The molecule has 0 radical (unpaired) electrons. The second-order valence-electron chi connectivity index (χ2n) is 12.2. The van der Waals surface area contributed by atoms with Crippen molar-refractivity contribution in [2.75, 3.05) is 0 Å². The highest BCUT2D eigenvalue weighted by Gasteiger charge is 2.16. The van der Waals surface area contributed by atoms with Crippen LogP contribution in [0, 0.1) is 11.3 Å². The third kappa shape index (κ3) is 5.33. The van der Waals surface area contributed by atoms with Crippen LogP contribution in [-0.2, 0) is 0 Å². The van der Waals surface area contributed by atoms with Gasteiger partial charge >= 0.3 is 0 Å². The van der Waals surface area contributed by atoms with Crippen LogP contribution in [-0.4, -0.2) is 9.97 Å². The van der Waals surface area contributed by atoms with Gasteiger partial charge in [0.1, 0.15) is 0 Å². The Kier molecular flexibility index (Phi) is 7.04. The van der Waals surface area contributed by atoms with E-state index in [2.05, 4.69) is 115 Å². The van der Waals surface area contributed by atoms with Crippen LogP contribution < -0.4 is 0 Å². The van der Waals surface area contributed by atoms with Gasteiger partial charge in [0.05, 0.1) is 23.0 Å². The maximum atomic E-state index is 9.42. The molecule has 9 aromatic rings. The number of rotatable bonds is 5. The number of fused-ring (bicyclic) bond motifs is 4. The summed E-state index contributed by atoms with van der Waals surface area (Å²) >= 11 is 1.84. The van der Waals surface area contributed by atoms with Crippen LogP contribution in [0.25, 0.3) is 87.1 Å². The summed E-state index contributed by atoms with van der Waals surface area (Å²) in [5.41, 5.74) is 9.74. The Labute approximate surface area is 288 Å². The standard InChI is InChI=1S/C45H27N3S/c46-28-29-17-19-31(20-18-29)41-27-42(48-45(47-41)32-10-2-1-3-11-32)37-25-35(34-22-21-30-9-4-5-12-33(30)23-34)24-36(26-37)38-14-8-15-40-39-13-6-7-16-43(39)49-44(38)40/h1-27H. The zero-order valence-corrected chi connectivity index (χ0v) is 27.2. The molecule has 0 saturated carbocycles. The highest BCUT2D eigenvalue weighted by molar-refractivity contribution is 7.26. The Balaban J connectivity index is 1.30. The highest BCUT2D eigenvalue weighted by Crippen LogP contribution is 2.42. The minimum Gasteiger partial charge on any atom is -0.228 e. The van der Waals surface area contributed by atoms with Crippen molar-refractivity contribution in [2.45, 2.75) is 0 Å². The van der Waals surface area contributed by atoms with Crippen molar-refractivity contribution in [3.8, 4) is 62.2 Å². The zero-order chi connectivity index (χ0) is 32.7. The molecular formula is C45H27N3S. The van der Waals surface area contributed by atoms with Crippen LogP contribution in [0.2, 0.25) is 0 Å². The number of nitrogens with zero attached hydrogens (tertiary/aromatic N) is 3. The molecule has 0 fully saturated rings. The number of nitriles is 1. The molecule has 0 aliphatic heterocycles. The third-order valence-electron chi connectivity index (χ3n) is 9.09. The monoisotopic (exact) mass is 641 g/mol. The minimum absolute atomic E-state index is 0.615. The van der Waals surface area contributed by atoms with Gasteiger partial charge < -0.3 is 0 Å². The Bertz CT molecular complexity index is 2720. The lowest BCUT2D eigenvalue weighted by Crippen LogP contribution is -1.96. The van der Waals surface area contributed by atoms with Gasteiger partial charge in [-0.3, -0.25) is 0 Å². The maximum absolute atomic E-state index is 9.42. The van der Waals surface area contributed by atoms with E-state index in [1.54, 1.807) is 0 Å². The summed E-state index contributed by atoms with van der Waals surface area (Å²) in [6.07, 6.45) is 0. The summed E-state index contributed by atoms with van der Waals surface area (Å²) in [6, 6.07) is 59.3. The topological polar surface area (TPSA) is 49.6 Å². The van der Waals surface area contributed by atoms with Gasteiger partial charge in [0.15, 0.2) is 5.82 Å². The Morgan fingerprint density at radius 1 is 0.449 bits per heavy atom. The van der Waals surface area contributed by atoms with Gasteiger partial charge in [-0.25, -0.2) is 9.97 Å². The summed E-state index contributed by atoms with van der Waals surface area (Å²) in [4.78, 5) is 10.2. The molecule has 49 heavy (non-hydrogen) atoms. The maximum Gasteiger partial charge on any atom is 0.160 e. The van der Waals surface area contributed by atoms with Gasteiger partial charge in [0, 0.05) is 36.9 Å². The van der Waals surface area contributed by atoms with Crippen LogP contribution in [0.15, 0.2) is 164 Å². The molecular weight excluding hydrogens is 615 g/mol. The largest absolute Gasteiger partial charge is 0.228 e. The van der Waals surface area contributed by atoms with Crippen LogP contribution in [0.1, 0.15) is 5.56 Å². The molecule has 0 aliphatic carbocycles. The van der Waals surface area contributed by atoms with Crippen LogP contribution in [0.5, 0.6) is 0 Å². The van der Waals surface area contributed by atoms with E-state index in [0.717, 1.165) is 44.8 Å². The van der Waals surface area contributed by atoms with Crippen molar-refractivity contribution >= 4 is 42.3 Å². The predicted molar refractivity (Wildman–Crippen MR) is 204 cm³/mol. The van der Waals surface area contributed by atoms with E-state index in [9.17, 15) is 5.26 Å². The third-order valence-corrected chi connectivity index (χ3v) is 10.3. The lowest BCUT2D eigenvalue weighted by atomic mass is 9.93. The number of hydrogen-bond donors (Lipinski definition) is 0. The average molecular weight is 642 g/mol. The summed E-state index contributed by atoms with van der Waals surface area (Å²) < 4.78 is 2.56. The lowest BCUT2D eigenvalue weighted by molar-refractivity contribution is 1.18. The number of aromatic nitrogens is 2. The molecule has 0 spiro atoms. The van der Waals surface area contributed by atoms with E-state index < -0.39 is 0 Å². The molecule has 7 aromatic carbocycles. The number of benzene rings is 7. The molecule has 0 amide bonds. The van der Waals surface area contributed by atoms with Gasteiger partial charge in [-0.1, -0.05) is 115 Å². The smallest absolute Gasteiger partial charge is 0.160 e. The molecule has 0 aliphatic rings. The van der Waals surface area contributed by atoms with Crippen LogP contribution >= 0.6 is 11.3 Å². The van der Waals surface area contributed by atoms with E-state index in [4.69, 9.17) is 9.97 Å². The summed E-state index contributed by atoms with van der Waals surface area (Å²) in [5.74, 6) is 0.654. The molecule has 2 heterocycles. The van der Waals surface area contributed by atoms with Crippen molar-refractivity contribution in [1.82, 2.24) is 9.97 Å². The Morgan fingerprint density at radius 3 is 1.96 bits per heavy atom. The summed E-state index contributed by atoms with van der Waals surface area (Å²) in [5, 5.41) is 14.4. The lowest BCUT2D eigenvalue weighted by Gasteiger charge is -2.14. The summed E-state index contributed by atoms with van der Waals surface area (Å²) in [6.45, 7) is 0. The summed E-state index contributed by atoms with van der Waals surface area (Å²) in [7, 11) is 0. The van der Waals surface area contributed by atoms with Crippen LogP contribution in [0.4, 0.5) is 0 Å². The molecule has 0 N–H and O–H groups in total. The Hall–Kier alpha value is -6.41. The second kappa shape index (κ2) is 12.0. The average Bonchev–Trinajstić information content (AvgIpc) is 3.57. The molecule has 9 rings (SSSR count). The first-order chi connectivity index (χ1) is 24.2. The normalized spacial score (nSPS) is 11.2. The van der Waals surface area contributed by atoms with E-state index in [1.165, 1.54) is 36.5 Å². The van der Waals surface area contributed by atoms with Crippen molar-refractivity contribution < 1.29 is 0 Å². The van der Waals surface area contributed by atoms with E-state index >= 15 is 0 Å². The van der Waals surface area contributed by atoms with Crippen molar-refractivity contribution in [2.24, 2.45) is 0 Å². The SMILES string of the molecule is N#Cc1ccc(-c2cc(-c3cc(-c4ccc5ccccc5c4)cc(-c4cccc5c4sc4ccccc45)c3)nc(-c3ccccc3)n2)cc1. The molecule has 2 aromatic heterocycles. The second-order valence-corrected chi connectivity index (χ2v) is 13.2. The first-order valence-electron chi connectivity index (χ1n) is 16.2. The molecule has 0 saturated heterocycles. The zero-order valence-electron chi connectivity index (χ0n) is 26.3. The van der Waals surface area contributed by atoms with E-state index in [0.29, 0.717) is 11.4 Å². The molecule has 4 heteroatoms. The molecule has 3 nitrogen and oxygen atoms in total. The first kappa shape index (κ1) is 28.8. The van der Waals surface area contributed by atoms with Gasteiger partial charge in [0.25, 0.3) is 0 Å². The molecule has 0 bridgehead atoms. The Morgan fingerprint density at radius 2 is 1.12 bits per heavy atom. The molecule has 0 unspecified atom stereocenters. The number of thiophene rings is 1. The van der Waals surface area contributed by atoms with Crippen LogP contribution in [0.3, 0.4) is 0 Å². The van der Waals surface area contributed by atoms with Gasteiger partial charge in [-0.05, 0) is 81.6 Å². The van der Waals surface area contributed by atoms with Gasteiger partial charge in [0.2, 0.25) is 0 Å². The van der Waals surface area contributed by atoms with Crippen molar-refractivity contribution in [1.29, 1.82) is 5.26 Å². The van der Waals surface area contributed by atoms with Gasteiger partial charge in [-0.15, -0.1) is 11.3 Å². The molecule has 228 valence electrons. The predicted octanol–water partition coefficient (Wildman–Crippen LogP) is 12.2. The fourth-order valence-corrected chi connectivity index (χ4v) is 7.85. The van der Waals surface area contributed by atoms with E-state index in [1.807, 2.05) is 65.9 Å². The first-order valence-corrected chi connectivity index (χ1v) is 17.0. The highest BCUT2D eigenvalue weighted by atomic mass is 32.1. The fraction of sp³-hybridized carbons (Fsp3) is 0. The molecule has 0 atom stereocenters. The number of hydrogen-bond acceptors (Lipinski definition) is 4. The quantitative estimate of drug-likeness (QED) is 0.188. The van der Waals surface area contributed by atoms with Crippen molar-refractivity contribution in [3.05, 3.63) is 169 Å². The fourth-order valence-electron chi connectivity index (χ4n) is 6.62. The minimum atomic E-state index is 0.615. The van der Waals surface area contributed by atoms with E-state index in [-0.39, 0.29) is 0 Å².